The number of halogens is 4. The van der Waals surface area contributed by atoms with E-state index in [1.54, 1.807) is 7.05 Å². The molecule has 0 saturated carbocycles. The van der Waals surface area contributed by atoms with E-state index >= 15 is 0 Å². The molecule has 0 unspecified atom stereocenters. The highest BCUT2D eigenvalue weighted by atomic mass is 35.5. The lowest BCUT2D eigenvalue weighted by Crippen LogP contribution is -2.25. The van der Waals surface area contributed by atoms with Gasteiger partial charge in [0.1, 0.15) is 5.82 Å². The highest BCUT2D eigenvalue weighted by Crippen LogP contribution is 2.21. The first-order valence-electron chi connectivity index (χ1n) is 5.51. The molecule has 19 heavy (non-hydrogen) atoms. The van der Waals surface area contributed by atoms with Gasteiger partial charge >= 0.3 is 6.18 Å². The minimum Gasteiger partial charge on any atom is -0.372 e. The van der Waals surface area contributed by atoms with Crippen molar-refractivity contribution in [1.29, 1.82) is 0 Å². The molecule has 8 heteroatoms. The van der Waals surface area contributed by atoms with E-state index in [0.717, 1.165) is 0 Å². The molecule has 1 aromatic heterocycles. The van der Waals surface area contributed by atoms with Crippen molar-refractivity contribution in [3.8, 4) is 0 Å². The summed E-state index contributed by atoms with van der Waals surface area (Å²) < 4.78 is 35.7. The van der Waals surface area contributed by atoms with Crippen molar-refractivity contribution >= 4 is 23.3 Å². The molecule has 1 heterocycles. The molecule has 2 N–H and O–H groups in total. The second kappa shape index (κ2) is 6.60. The maximum atomic E-state index is 11.9. The summed E-state index contributed by atoms with van der Waals surface area (Å²) in [6.45, 7) is -0.0518. The van der Waals surface area contributed by atoms with Crippen molar-refractivity contribution in [2.75, 3.05) is 18.9 Å². The fraction of sp³-hybridized carbons (Fsp3) is 0.455. The number of pyridine rings is 1. The average Bonchev–Trinajstić information content (AvgIpc) is 2.33. The van der Waals surface area contributed by atoms with Crippen molar-refractivity contribution in [2.45, 2.75) is 19.0 Å². The number of amides is 1. The number of alkyl halides is 3. The molecular formula is C11H13ClF3N3O. The number of carbonyl (C=O) groups is 1. The van der Waals surface area contributed by atoms with Gasteiger partial charge in [-0.3, -0.25) is 4.79 Å². The number of nitrogens with zero attached hydrogens (tertiary/aromatic N) is 1. The van der Waals surface area contributed by atoms with Crippen LogP contribution >= 0.6 is 11.6 Å². The number of aromatic nitrogens is 1. The van der Waals surface area contributed by atoms with Crippen molar-refractivity contribution in [1.82, 2.24) is 10.3 Å². The molecule has 0 aromatic carbocycles. The fourth-order valence-electron chi connectivity index (χ4n) is 1.34. The Morgan fingerprint density at radius 3 is 2.68 bits per heavy atom. The van der Waals surface area contributed by atoms with Crippen LogP contribution in [0.5, 0.6) is 0 Å². The SMILES string of the molecule is CNc1ncc(C(=O)NCCCC(F)(F)F)cc1Cl. The molecule has 1 rings (SSSR count). The fourth-order valence-corrected chi connectivity index (χ4v) is 1.60. The molecular weight excluding hydrogens is 283 g/mol. The number of rotatable bonds is 5. The maximum Gasteiger partial charge on any atom is 0.389 e. The third-order valence-corrected chi connectivity index (χ3v) is 2.55. The minimum atomic E-state index is -4.20. The minimum absolute atomic E-state index is 0.0518. The quantitative estimate of drug-likeness (QED) is 0.821. The normalized spacial score (nSPS) is 11.2. The molecule has 0 radical (unpaired) electrons. The molecule has 0 aliphatic heterocycles. The van der Waals surface area contributed by atoms with E-state index in [9.17, 15) is 18.0 Å². The van der Waals surface area contributed by atoms with E-state index < -0.39 is 18.5 Å². The first kappa shape index (κ1) is 15.6. The van der Waals surface area contributed by atoms with E-state index in [1.165, 1.54) is 12.3 Å². The Bertz CT molecular complexity index is 451. The van der Waals surface area contributed by atoms with Crippen molar-refractivity contribution in [3.63, 3.8) is 0 Å². The summed E-state index contributed by atoms with van der Waals surface area (Å²) in [5, 5.41) is 5.38. The summed E-state index contributed by atoms with van der Waals surface area (Å²) in [7, 11) is 1.63. The van der Waals surface area contributed by atoms with Gasteiger partial charge in [0.25, 0.3) is 5.91 Å². The molecule has 0 aliphatic rings. The third kappa shape index (κ3) is 5.34. The number of nitrogens with one attached hydrogen (secondary N) is 2. The van der Waals surface area contributed by atoms with Crippen LogP contribution in [0.2, 0.25) is 5.02 Å². The number of hydrogen-bond donors (Lipinski definition) is 2. The second-order valence-electron chi connectivity index (χ2n) is 3.78. The standard InChI is InChI=1S/C11H13ClF3N3O/c1-16-9-8(12)5-7(6-18-9)10(19)17-4-2-3-11(13,14)15/h5-6H,2-4H2,1H3,(H,16,18)(H,17,19). The Morgan fingerprint density at radius 2 is 2.16 bits per heavy atom. The lowest BCUT2D eigenvalue weighted by atomic mass is 10.2. The van der Waals surface area contributed by atoms with Gasteiger partial charge in [-0.05, 0) is 12.5 Å². The van der Waals surface area contributed by atoms with Gasteiger partial charge in [-0.1, -0.05) is 11.6 Å². The van der Waals surface area contributed by atoms with Crippen LogP contribution in [-0.2, 0) is 0 Å². The summed E-state index contributed by atoms with van der Waals surface area (Å²) >= 11 is 5.84. The van der Waals surface area contributed by atoms with Gasteiger partial charge in [0.05, 0.1) is 10.6 Å². The summed E-state index contributed by atoms with van der Waals surface area (Å²) in [6, 6.07) is 1.40. The van der Waals surface area contributed by atoms with Crippen LogP contribution in [0.3, 0.4) is 0 Å². The van der Waals surface area contributed by atoms with Crippen molar-refractivity contribution in [2.24, 2.45) is 0 Å². The molecule has 1 amide bonds. The van der Waals surface area contributed by atoms with Gasteiger partial charge in [-0.25, -0.2) is 4.98 Å². The summed E-state index contributed by atoms with van der Waals surface area (Å²) in [5.41, 5.74) is 0.205. The van der Waals surface area contributed by atoms with Gasteiger partial charge in [0, 0.05) is 26.2 Å². The summed E-state index contributed by atoms with van der Waals surface area (Å²) in [4.78, 5) is 15.5. The van der Waals surface area contributed by atoms with Crippen molar-refractivity contribution < 1.29 is 18.0 Å². The van der Waals surface area contributed by atoms with Crippen LogP contribution in [0.15, 0.2) is 12.3 Å². The van der Waals surface area contributed by atoms with Gasteiger partial charge in [-0.2, -0.15) is 13.2 Å². The second-order valence-corrected chi connectivity index (χ2v) is 4.19. The molecule has 4 nitrogen and oxygen atoms in total. The first-order valence-corrected chi connectivity index (χ1v) is 5.89. The monoisotopic (exact) mass is 295 g/mol. The van der Waals surface area contributed by atoms with E-state index in [-0.39, 0.29) is 23.6 Å². The van der Waals surface area contributed by atoms with Crippen LogP contribution < -0.4 is 10.6 Å². The zero-order valence-electron chi connectivity index (χ0n) is 10.1. The first-order chi connectivity index (χ1) is 8.83. The van der Waals surface area contributed by atoms with E-state index in [2.05, 4.69) is 15.6 Å². The molecule has 0 fully saturated rings. The highest BCUT2D eigenvalue weighted by Gasteiger charge is 2.26. The van der Waals surface area contributed by atoms with Gasteiger partial charge < -0.3 is 10.6 Å². The van der Waals surface area contributed by atoms with Crippen LogP contribution in [0.4, 0.5) is 19.0 Å². The highest BCUT2D eigenvalue weighted by molar-refractivity contribution is 6.33. The van der Waals surface area contributed by atoms with Crippen LogP contribution in [0.1, 0.15) is 23.2 Å². The molecule has 0 atom stereocenters. The van der Waals surface area contributed by atoms with Crippen molar-refractivity contribution in [3.05, 3.63) is 22.8 Å². The zero-order valence-corrected chi connectivity index (χ0v) is 10.9. The summed E-state index contributed by atoms with van der Waals surface area (Å²) in [6.07, 6.45) is -3.99. The van der Waals surface area contributed by atoms with Crippen LogP contribution in [-0.4, -0.2) is 30.7 Å². The Kier molecular flexibility index (Phi) is 5.41. The Labute approximate surface area is 113 Å². The Balaban J connectivity index is 2.48. The van der Waals surface area contributed by atoms with Gasteiger partial charge in [0.2, 0.25) is 0 Å². The predicted octanol–water partition coefficient (Wildman–Crippen LogP) is 2.85. The third-order valence-electron chi connectivity index (χ3n) is 2.26. The van der Waals surface area contributed by atoms with Crippen LogP contribution in [0.25, 0.3) is 0 Å². The lowest BCUT2D eigenvalue weighted by molar-refractivity contribution is -0.135. The van der Waals surface area contributed by atoms with E-state index in [0.29, 0.717) is 5.82 Å². The Hall–Kier alpha value is -1.50. The smallest absolute Gasteiger partial charge is 0.372 e. The predicted molar refractivity (Wildman–Crippen MR) is 66.4 cm³/mol. The van der Waals surface area contributed by atoms with Gasteiger partial charge in [-0.15, -0.1) is 0 Å². The van der Waals surface area contributed by atoms with Crippen LogP contribution in [0, 0.1) is 0 Å². The number of hydrogen-bond acceptors (Lipinski definition) is 3. The maximum absolute atomic E-state index is 11.9. The molecule has 0 spiro atoms. The Morgan fingerprint density at radius 1 is 1.47 bits per heavy atom. The molecule has 1 aromatic rings. The molecule has 0 aliphatic carbocycles. The van der Waals surface area contributed by atoms with Gasteiger partial charge in [0.15, 0.2) is 0 Å². The van der Waals surface area contributed by atoms with E-state index in [1.807, 2.05) is 0 Å². The molecule has 0 bridgehead atoms. The number of anilines is 1. The van der Waals surface area contributed by atoms with E-state index in [4.69, 9.17) is 11.6 Å². The largest absolute Gasteiger partial charge is 0.389 e. The molecule has 0 saturated heterocycles. The average molecular weight is 296 g/mol. The lowest BCUT2D eigenvalue weighted by Gasteiger charge is -2.08. The topological polar surface area (TPSA) is 54.0 Å². The number of carbonyl (C=O) groups excluding carboxylic acids is 1. The zero-order chi connectivity index (χ0) is 14.5. The summed E-state index contributed by atoms with van der Waals surface area (Å²) in [5.74, 6) is -0.0745. The molecule has 106 valence electrons.